The Kier molecular flexibility index (Phi) is 5.28. The van der Waals surface area contributed by atoms with Crippen LogP contribution in [0.15, 0.2) is 47.1 Å². The fraction of sp³-hybridized carbons (Fsp3) is 0.476. The highest BCUT2D eigenvalue weighted by molar-refractivity contribution is 7.99. The van der Waals surface area contributed by atoms with Gasteiger partial charge in [-0.1, -0.05) is 6.08 Å². The van der Waals surface area contributed by atoms with E-state index in [0.717, 1.165) is 38.2 Å². The maximum absolute atomic E-state index is 13.5. The van der Waals surface area contributed by atoms with Gasteiger partial charge in [0, 0.05) is 23.1 Å². The van der Waals surface area contributed by atoms with E-state index >= 15 is 0 Å². The molecular weight excluding hydrogens is 336 g/mol. The number of likely N-dealkylation sites (tertiary alicyclic amines) is 1. The number of nitrogens with zero attached hydrogens (tertiary/aromatic N) is 1. The van der Waals surface area contributed by atoms with Gasteiger partial charge in [0.05, 0.1) is 0 Å². The van der Waals surface area contributed by atoms with Crippen molar-refractivity contribution in [1.82, 2.24) is 4.90 Å². The normalized spacial score (nSPS) is 25.7. The molecular formula is C21H24F2NS. The minimum atomic E-state index is -0.121. The molecule has 1 saturated heterocycles. The number of fused-ring (bicyclic) bond motifs is 1. The summed E-state index contributed by atoms with van der Waals surface area (Å²) in [5, 5.41) is 0. The third-order valence-electron chi connectivity index (χ3n) is 5.62. The van der Waals surface area contributed by atoms with Crippen LogP contribution in [0.2, 0.25) is 0 Å². The van der Waals surface area contributed by atoms with Gasteiger partial charge in [0.25, 0.3) is 0 Å². The summed E-state index contributed by atoms with van der Waals surface area (Å²) in [4.78, 5) is 3.81. The van der Waals surface area contributed by atoms with Crippen molar-refractivity contribution in [1.29, 1.82) is 0 Å². The first-order valence-corrected chi connectivity index (χ1v) is 10.2. The van der Waals surface area contributed by atoms with Crippen LogP contribution < -0.4 is 0 Å². The molecule has 133 valence electrons. The molecule has 2 heterocycles. The van der Waals surface area contributed by atoms with Crippen LogP contribution in [-0.2, 0) is 6.42 Å². The van der Waals surface area contributed by atoms with Crippen LogP contribution in [0.4, 0.5) is 8.78 Å². The van der Waals surface area contributed by atoms with Gasteiger partial charge in [-0.15, -0.1) is 11.8 Å². The summed E-state index contributed by atoms with van der Waals surface area (Å²) in [5.41, 5.74) is 1.17. The summed E-state index contributed by atoms with van der Waals surface area (Å²) in [7, 11) is 0. The van der Waals surface area contributed by atoms with Gasteiger partial charge in [-0.25, -0.2) is 8.78 Å². The quantitative estimate of drug-likeness (QED) is 0.730. The molecule has 0 amide bonds. The first kappa shape index (κ1) is 17.3. The van der Waals surface area contributed by atoms with Crippen molar-refractivity contribution in [2.75, 3.05) is 25.4 Å². The van der Waals surface area contributed by atoms with E-state index in [-0.39, 0.29) is 11.6 Å². The molecule has 1 fully saturated rings. The summed E-state index contributed by atoms with van der Waals surface area (Å²) in [5.74, 6) is 3.50. The lowest BCUT2D eigenvalue weighted by molar-refractivity contribution is 0.170. The van der Waals surface area contributed by atoms with E-state index in [4.69, 9.17) is 0 Å². The molecule has 0 spiro atoms. The van der Waals surface area contributed by atoms with Crippen LogP contribution in [0.3, 0.4) is 0 Å². The van der Waals surface area contributed by atoms with Gasteiger partial charge in [0.2, 0.25) is 0 Å². The Hall–Kier alpha value is -1.13. The molecule has 0 bridgehead atoms. The van der Waals surface area contributed by atoms with Crippen molar-refractivity contribution in [3.05, 3.63) is 59.6 Å². The Labute approximate surface area is 153 Å². The van der Waals surface area contributed by atoms with Crippen molar-refractivity contribution in [2.45, 2.75) is 30.6 Å². The fourth-order valence-electron chi connectivity index (χ4n) is 4.24. The predicted octanol–water partition coefficient (Wildman–Crippen LogP) is 5.19. The minimum Gasteiger partial charge on any atom is -0.303 e. The highest BCUT2D eigenvalue weighted by Gasteiger charge is 2.28. The Morgan fingerprint density at radius 3 is 2.72 bits per heavy atom. The smallest absolute Gasteiger partial charge is 0.123 e. The highest BCUT2D eigenvalue weighted by Crippen LogP contribution is 2.36. The Morgan fingerprint density at radius 1 is 1.12 bits per heavy atom. The second kappa shape index (κ2) is 7.63. The van der Waals surface area contributed by atoms with Crippen molar-refractivity contribution in [3.8, 4) is 0 Å². The van der Waals surface area contributed by atoms with Crippen LogP contribution in [0.1, 0.15) is 24.8 Å². The van der Waals surface area contributed by atoms with E-state index in [1.165, 1.54) is 29.2 Å². The molecule has 1 atom stereocenters. The monoisotopic (exact) mass is 360 g/mol. The fourth-order valence-corrected chi connectivity index (χ4v) is 5.37. The Bertz CT molecular complexity index is 676. The zero-order valence-electron chi connectivity index (χ0n) is 14.4. The summed E-state index contributed by atoms with van der Waals surface area (Å²) in [6.07, 6.45) is 9.37. The second-order valence-electron chi connectivity index (χ2n) is 7.41. The number of hydrogen-bond acceptors (Lipinski definition) is 2. The van der Waals surface area contributed by atoms with Crippen molar-refractivity contribution >= 4 is 11.8 Å². The van der Waals surface area contributed by atoms with Gasteiger partial charge < -0.3 is 4.90 Å². The summed E-state index contributed by atoms with van der Waals surface area (Å²) < 4.78 is 26.6. The van der Waals surface area contributed by atoms with Gasteiger partial charge >= 0.3 is 0 Å². The molecule has 2 aliphatic heterocycles. The number of allylic oxidation sites excluding steroid dienone is 4. The molecule has 1 unspecified atom stereocenters. The third kappa shape index (κ3) is 4.17. The number of rotatable bonds is 3. The third-order valence-corrected chi connectivity index (χ3v) is 6.97. The van der Waals surface area contributed by atoms with Crippen LogP contribution in [0.25, 0.3) is 0 Å². The first-order chi connectivity index (χ1) is 12.2. The van der Waals surface area contributed by atoms with Gasteiger partial charge in [0.1, 0.15) is 11.6 Å². The summed E-state index contributed by atoms with van der Waals surface area (Å²) >= 11 is 1.87. The zero-order valence-corrected chi connectivity index (χ0v) is 15.2. The maximum Gasteiger partial charge on any atom is 0.123 e. The number of hydrogen-bond donors (Lipinski definition) is 0. The lowest BCUT2D eigenvalue weighted by Gasteiger charge is -2.37. The molecule has 1 aliphatic carbocycles. The van der Waals surface area contributed by atoms with E-state index in [0.29, 0.717) is 11.8 Å². The molecule has 0 N–H and O–H groups in total. The van der Waals surface area contributed by atoms with Gasteiger partial charge in [-0.05, 0) is 86.5 Å². The molecule has 0 aromatic heterocycles. The van der Waals surface area contributed by atoms with E-state index in [2.05, 4.69) is 4.90 Å². The van der Waals surface area contributed by atoms with E-state index < -0.39 is 0 Å². The van der Waals surface area contributed by atoms with Gasteiger partial charge in [0.15, 0.2) is 0 Å². The minimum absolute atomic E-state index is 0.104. The molecule has 0 saturated carbocycles. The SMILES string of the molecule is FC1=CC[C](C2CCN(CC3CSc4ccc(F)cc4C3)CC2)C=C1. The molecule has 4 rings (SSSR count). The molecule has 1 aromatic rings. The van der Waals surface area contributed by atoms with Crippen LogP contribution in [0.5, 0.6) is 0 Å². The molecule has 1 aromatic carbocycles. The van der Waals surface area contributed by atoms with Crippen molar-refractivity contribution in [2.24, 2.45) is 11.8 Å². The standard InChI is InChI=1S/C21H24F2NS/c22-19-3-1-16(2-4-19)17-7-9-24(10-8-17)13-15-11-18-12-20(23)5-6-21(18)25-14-15/h1,3-6,12,15,17H,2,7-11,13-14H2. The second-order valence-corrected chi connectivity index (χ2v) is 8.47. The van der Waals surface area contributed by atoms with Crippen LogP contribution in [0, 0.1) is 23.6 Å². The van der Waals surface area contributed by atoms with Crippen molar-refractivity contribution < 1.29 is 8.78 Å². The van der Waals surface area contributed by atoms with Crippen molar-refractivity contribution in [3.63, 3.8) is 0 Å². The summed E-state index contributed by atoms with van der Waals surface area (Å²) in [6, 6.07) is 5.19. The largest absolute Gasteiger partial charge is 0.303 e. The lowest BCUT2D eigenvalue weighted by Crippen LogP contribution is -2.39. The Balaban J connectivity index is 1.27. The zero-order chi connectivity index (χ0) is 17.2. The molecule has 4 heteroatoms. The number of halogens is 2. The van der Waals surface area contributed by atoms with Crippen LogP contribution >= 0.6 is 11.8 Å². The summed E-state index contributed by atoms with van der Waals surface area (Å²) in [6.45, 7) is 3.34. The predicted molar refractivity (Wildman–Crippen MR) is 99.7 cm³/mol. The van der Waals surface area contributed by atoms with Crippen LogP contribution in [-0.4, -0.2) is 30.3 Å². The number of piperidine rings is 1. The van der Waals surface area contributed by atoms with E-state index in [9.17, 15) is 8.78 Å². The first-order valence-electron chi connectivity index (χ1n) is 9.20. The van der Waals surface area contributed by atoms with Gasteiger partial charge in [-0.2, -0.15) is 0 Å². The molecule has 1 radical (unpaired) electrons. The number of benzene rings is 1. The highest BCUT2D eigenvalue weighted by atomic mass is 32.2. The van der Waals surface area contributed by atoms with E-state index in [1.807, 2.05) is 23.9 Å². The maximum atomic E-state index is 13.5. The number of thioether (sulfide) groups is 1. The lowest BCUT2D eigenvalue weighted by atomic mass is 9.80. The topological polar surface area (TPSA) is 3.24 Å². The average molecular weight is 360 g/mol. The molecule has 3 aliphatic rings. The molecule has 25 heavy (non-hydrogen) atoms. The molecule has 1 nitrogen and oxygen atoms in total. The van der Waals surface area contributed by atoms with E-state index in [1.54, 1.807) is 24.3 Å². The Morgan fingerprint density at radius 2 is 1.96 bits per heavy atom. The van der Waals surface area contributed by atoms with Gasteiger partial charge in [-0.3, -0.25) is 0 Å². The average Bonchev–Trinajstić information content (AvgIpc) is 2.63.